The second kappa shape index (κ2) is 9.71. The number of quaternary nitrogens is 1. The Morgan fingerprint density at radius 1 is 1.16 bits per heavy atom. The van der Waals surface area contributed by atoms with Gasteiger partial charge in [-0.25, -0.2) is 4.90 Å². The van der Waals surface area contributed by atoms with Crippen LogP contribution in [0.15, 0.2) is 24.3 Å². The third kappa shape index (κ3) is 5.29. The SMILES string of the molecule is Cc1[nH]c(C=C2C(=O)N(C(=O)C[N+](C)(C)C)c3ccccc32)c(C)c1CCCC(=O)O.[Cl-]. The summed E-state index contributed by atoms with van der Waals surface area (Å²) in [6.07, 6.45) is 3.14. The minimum absolute atomic E-state index is 0. The number of nitrogens with one attached hydrogen (secondary N) is 1. The number of aromatic nitrogens is 1. The molecule has 0 unspecified atom stereocenters. The molecule has 7 nitrogen and oxygen atoms in total. The molecule has 1 aromatic heterocycles. The van der Waals surface area contributed by atoms with Crippen molar-refractivity contribution in [3.05, 3.63) is 52.3 Å². The number of hydrogen-bond donors (Lipinski definition) is 2. The highest BCUT2D eigenvalue weighted by molar-refractivity contribution is 6.42. The van der Waals surface area contributed by atoms with E-state index in [4.69, 9.17) is 5.11 Å². The van der Waals surface area contributed by atoms with E-state index < -0.39 is 5.97 Å². The summed E-state index contributed by atoms with van der Waals surface area (Å²) in [5.74, 6) is -1.36. The number of aliphatic carboxylic acids is 1. The number of benzene rings is 1. The Kier molecular flexibility index (Phi) is 7.70. The number of fused-ring (bicyclic) bond motifs is 1. The zero-order chi connectivity index (χ0) is 22.9. The lowest BCUT2D eigenvalue weighted by molar-refractivity contribution is -0.862. The van der Waals surface area contributed by atoms with Gasteiger partial charge < -0.3 is 27.0 Å². The van der Waals surface area contributed by atoms with E-state index in [0.29, 0.717) is 28.6 Å². The van der Waals surface area contributed by atoms with Crippen molar-refractivity contribution in [3.8, 4) is 0 Å². The Labute approximate surface area is 194 Å². The molecule has 1 aliphatic heterocycles. The topological polar surface area (TPSA) is 90.5 Å². The molecule has 2 aromatic rings. The number of aromatic amines is 1. The molecule has 0 bridgehead atoms. The second-order valence-corrected chi connectivity index (χ2v) is 9.07. The number of para-hydroxylation sites is 1. The van der Waals surface area contributed by atoms with Crippen LogP contribution in [0, 0.1) is 13.8 Å². The fourth-order valence-electron chi connectivity index (χ4n) is 4.00. The molecular formula is C24H30ClN3O4. The molecule has 32 heavy (non-hydrogen) atoms. The van der Waals surface area contributed by atoms with Crippen molar-refractivity contribution < 1.29 is 36.4 Å². The molecule has 2 N–H and O–H groups in total. The molecule has 0 spiro atoms. The van der Waals surface area contributed by atoms with Gasteiger partial charge in [0, 0.05) is 23.4 Å². The molecule has 172 valence electrons. The maximum atomic E-state index is 13.3. The van der Waals surface area contributed by atoms with Crippen LogP contribution in [0.25, 0.3) is 11.6 Å². The average Bonchev–Trinajstić information content (AvgIpc) is 3.08. The number of carboxylic acid groups (broad SMARTS) is 1. The smallest absolute Gasteiger partial charge is 0.303 e. The molecule has 2 heterocycles. The van der Waals surface area contributed by atoms with Crippen LogP contribution in [0.1, 0.15) is 40.9 Å². The fraction of sp³-hybridized carbons (Fsp3) is 0.375. The van der Waals surface area contributed by atoms with Crippen LogP contribution in [0.4, 0.5) is 5.69 Å². The van der Waals surface area contributed by atoms with Gasteiger partial charge >= 0.3 is 5.97 Å². The van der Waals surface area contributed by atoms with E-state index >= 15 is 0 Å². The number of anilines is 1. The molecule has 1 aromatic carbocycles. The highest BCUT2D eigenvalue weighted by atomic mass is 35.5. The molecule has 8 heteroatoms. The third-order valence-corrected chi connectivity index (χ3v) is 5.47. The van der Waals surface area contributed by atoms with Crippen molar-refractivity contribution in [3.63, 3.8) is 0 Å². The number of H-pyrrole nitrogens is 1. The number of halogens is 1. The first-order valence-corrected chi connectivity index (χ1v) is 10.4. The second-order valence-electron chi connectivity index (χ2n) is 9.07. The van der Waals surface area contributed by atoms with E-state index in [9.17, 15) is 14.4 Å². The predicted octanol–water partition coefficient (Wildman–Crippen LogP) is 0.163. The van der Waals surface area contributed by atoms with Crippen molar-refractivity contribution in [1.82, 2.24) is 4.98 Å². The van der Waals surface area contributed by atoms with Crippen LogP contribution in [0.2, 0.25) is 0 Å². The van der Waals surface area contributed by atoms with Crippen molar-refractivity contribution in [2.24, 2.45) is 0 Å². The van der Waals surface area contributed by atoms with Gasteiger partial charge in [0.15, 0.2) is 6.54 Å². The van der Waals surface area contributed by atoms with E-state index in [-0.39, 0.29) is 37.2 Å². The summed E-state index contributed by atoms with van der Waals surface area (Å²) in [7, 11) is 5.74. The van der Waals surface area contributed by atoms with Crippen LogP contribution in [0.3, 0.4) is 0 Å². The van der Waals surface area contributed by atoms with Crippen molar-refractivity contribution in [2.75, 3.05) is 32.6 Å². The number of carbonyl (C=O) groups excluding carboxylic acids is 2. The highest BCUT2D eigenvalue weighted by Crippen LogP contribution is 2.38. The van der Waals surface area contributed by atoms with E-state index in [2.05, 4.69) is 4.98 Å². The summed E-state index contributed by atoms with van der Waals surface area (Å²) in [6.45, 7) is 4.13. The van der Waals surface area contributed by atoms with Gasteiger partial charge in [-0.05, 0) is 50.0 Å². The largest absolute Gasteiger partial charge is 1.00 e. The first-order chi connectivity index (χ1) is 14.5. The molecule has 0 aliphatic carbocycles. The maximum Gasteiger partial charge on any atom is 0.303 e. The van der Waals surface area contributed by atoms with Crippen LogP contribution >= 0.6 is 0 Å². The minimum atomic E-state index is -0.806. The predicted molar refractivity (Wildman–Crippen MR) is 121 cm³/mol. The van der Waals surface area contributed by atoms with Crippen molar-refractivity contribution in [1.29, 1.82) is 0 Å². The van der Waals surface area contributed by atoms with E-state index in [1.54, 1.807) is 6.07 Å². The summed E-state index contributed by atoms with van der Waals surface area (Å²) < 4.78 is 0.429. The maximum absolute atomic E-state index is 13.3. The summed E-state index contributed by atoms with van der Waals surface area (Å²) in [5.41, 5.74) is 5.67. The summed E-state index contributed by atoms with van der Waals surface area (Å²) >= 11 is 0. The standard InChI is InChI=1S/C24H29N3O4.ClH/c1-15-17(10-8-12-23(29)30)16(2)25-20(15)13-19-18-9-6-7-11-21(18)26(24(19)31)22(28)14-27(3,4)5;/h6-7,9,11,13H,8,10,12,14H2,1-5H3,(H-,25,29,30,31);1H. The lowest BCUT2D eigenvalue weighted by Gasteiger charge is -2.25. The number of imide groups is 1. The number of amides is 2. The summed E-state index contributed by atoms with van der Waals surface area (Å²) in [5, 5.41) is 8.90. The number of hydrogen-bond acceptors (Lipinski definition) is 3. The quantitative estimate of drug-likeness (QED) is 0.456. The van der Waals surface area contributed by atoms with Crippen LogP contribution < -0.4 is 17.3 Å². The van der Waals surface area contributed by atoms with Gasteiger partial charge in [0.25, 0.3) is 11.8 Å². The zero-order valence-corrected chi connectivity index (χ0v) is 19.9. The monoisotopic (exact) mass is 459 g/mol. The highest BCUT2D eigenvalue weighted by Gasteiger charge is 2.38. The van der Waals surface area contributed by atoms with E-state index in [0.717, 1.165) is 28.1 Å². The Bertz CT molecular complexity index is 1080. The Balaban J connectivity index is 0.00000363. The van der Waals surface area contributed by atoms with Gasteiger partial charge in [-0.15, -0.1) is 0 Å². The van der Waals surface area contributed by atoms with Crippen molar-refractivity contribution in [2.45, 2.75) is 33.1 Å². The van der Waals surface area contributed by atoms with Gasteiger partial charge in [0.05, 0.1) is 32.4 Å². The first-order valence-electron chi connectivity index (χ1n) is 10.4. The van der Waals surface area contributed by atoms with Gasteiger partial charge in [-0.1, -0.05) is 18.2 Å². The number of rotatable bonds is 7. The minimum Gasteiger partial charge on any atom is -1.00 e. The van der Waals surface area contributed by atoms with E-state index in [1.165, 1.54) is 4.90 Å². The molecule has 1 aliphatic rings. The Hall–Kier alpha value is -2.90. The number of carbonyl (C=O) groups is 3. The molecule has 0 saturated carbocycles. The first kappa shape index (κ1) is 25.4. The Morgan fingerprint density at radius 3 is 2.44 bits per heavy atom. The molecule has 3 rings (SSSR count). The fourth-order valence-corrected chi connectivity index (χ4v) is 4.00. The molecule has 0 saturated heterocycles. The molecule has 0 fully saturated rings. The number of nitrogens with zero attached hydrogens (tertiary/aromatic N) is 2. The average molecular weight is 460 g/mol. The number of carboxylic acids is 1. The van der Waals surface area contributed by atoms with Gasteiger partial charge in [-0.3, -0.25) is 14.4 Å². The Morgan fingerprint density at radius 2 is 1.81 bits per heavy atom. The normalized spacial score (nSPS) is 14.5. The third-order valence-electron chi connectivity index (χ3n) is 5.47. The number of likely N-dealkylation sites (N-methyl/N-ethyl adjacent to an activating group) is 1. The van der Waals surface area contributed by atoms with Crippen LogP contribution in [-0.2, 0) is 20.8 Å². The zero-order valence-electron chi connectivity index (χ0n) is 19.2. The van der Waals surface area contributed by atoms with Crippen molar-refractivity contribution >= 4 is 35.1 Å². The molecule has 2 amide bonds. The van der Waals surface area contributed by atoms with Gasteiger partial charge in [0.2, 0.25) is 0 Å². The van der Waals surface area contributed by atoms with E-state index in [1.807, 2.05) is 59.3 Å². The van der Waals surface area contributed by atoms with Gasteiger partial charge in [-0.2, -0.15) is 0 Å². The molecule has 0 atom stereocenters. The number of aryl methyl sites for hydroxylation is 1. The lowest BCUT2D eigenvalue weighted by atomic mass is 10.0. The molecular weight excluding hydrogens is 430 g/mol. The van der Waals surface area contributed by atoms with Crippen LogP contribution in [-0.4, -0.2) is 60.0 Å². The van der Waals surface area contributed by atoms with Gasteiger partial charge in [0.1, 0.15) is 0 Å². The summed E-state index contributed by atoms with van der Waals surface area (Å²) in [6, 6.07) is 7.34. The summed E-state index contributed by atoms with van der Waals surface area (Å²) in [4.78, 5) is 41.7. The lowest BCUT2D eigenvalue weighted by Crippen LogP contribution is -3.00. The van der Waals surface area contributed by atoms with Crippen LogP contribution in [0.5, 0.6) is 0 Å². The molecule has 0 radical (unpaired) electrons.